The van der Waals surface area contributed by atoms with Crippen molar-refractivity contribution in [2.75, 3.05) is 0 Å². The molecule has 0 atom stereocenters. The molecular weight excluding hydrogens is 678 g/mol. The predicted molar refractivity (Wildman–Crippen MR) is 212 cm³/mol. The summed E-state index contributed by atoms with van der Waals surface area (Å²) < 4.78 is 26.8. The van der Waals surface area contributed by atoms with Crippen LogP contribution in [0.2, 0.25) is 0 Å². The van der Waals surface area contributed by atoms with E-state index in [4.69, 9.17) is 18.9 Å². The minimum Gasteiger partial charge on any atom is -0.458 e. The van der Waals surface area contributed by atoms with E-state index in [1.54, 1.807) is 23.5 Å². The van der Waals surface area contributed by atoms with Crippen LogP contribution in [0.1, 0.15) is 11.1 Å². The normalized spacial score (nSPS) is 13.7. The monoisotopic (exact) mass is 706 g/mol. The second-order valence-electron chi connectivity index (χ2n) is 13.7. The molecule has 8 heteroatoms. The van der Waals surface area contributed by atoms with Crippen molar-refractivity contribution in [1.29, 1.82) is 0 Å². The van der Waals surface area contributed by atoms with Crippen molar-refractivity contribution in [3.63, 3.8) is 0 Å². The van der Waals surface area contributed by atoms with Crippen molar-refractivity contribution in [2.45, 2.75) is 33.4 Å². The van der Waals surface area contributed by atoms with E-state index >= 15 is 0 Å². The predicted octanol–water partition coefficient (Wildman–Crippen LogP) is 8.06. The molecule has 0 radical (unpaired) electrons. The lowest BCUT2D eigenvalue weighted by atomic mass is 9.32. The Kier molecular flexibility index (Phi) is 6.71. The van der Waals surface area contributed by atoms with Crippen LogP contribution in [0, 0.1) is 13.8 Å². The van der Waals surface area contributed by atoms with Gasteiger partial charge >= 0.3 is 0 Å². The van der Waals surface area contributed by atoms with Crippen molar-refractivity contribution < 1.29 is 18.9 Å². The Morgan fingerprint density at radius 2 is 0.865 bits per heavy atom. The number of hydrogen-bond donors (Lipinski definition) is 0. The second-order valence-corrected chi connectivity index (χ2v) is 15.8. The van der Waals surface area contributed by atoms with Crippen molar-refractivity contribution in [1.82, 2.24) is 0 Å². The fraction of sp³-hybridized carbons (Fsp3) is 0.0455. The third kappa shape index (κ3) is 4.67. The molecule has 4 aliphatic heterocycles. The third-order valence-corrected chi connectivity index (χ3v) is 12.8. The van der Waals surface area contributed by atoms with E-state index < -0.39 is 0 Å². The molecule has 0 fully saturated rings. The van der Waals surface area contributed by atoms with Crippen LogP contribution in [-0.4, -0.2) is 13.4 Å². The molecule has 0 aliphatic carbocycles. The van der Waals surface area contributed by atoms with Gasteiger partial charge in [-0.25, -0.2) is 0 Å². The van der Waals surface area contributed by atoms with Crippen molar-refractivity contribution >= 4 is 69.7 Å². The Balaban J connectivity index is 1.08. The van der Waals surface area contributed by atoms with Crippen LogP contribution in [0.5, 0.6) is 46.0 Å². The number of rotatable bonds is 4. The number of aryl methyl sites for hydroxylation is 2. The van der Waals surface area contributed by atoms with E-state index in [9.17, 15) is 0 Å². The quantitative estimate of drug-likeness (QED) is 0.173. The zero-order valence-electron chi connectivity index (χ0n) is 28.3. The summed E-state index contributed by atoms with van der Waals surface area (Å²) >= 11 is 3.57. The standard InChI is InChI=1S/C44H28B2O4S2/c1-25-11-3-7-15-33(25)47-27-19-37-43-41(21-27)51-39-17-9-5-13-29(39)45(43)31-23-32-36(24-35(31)49-37)50-38-20-28(48-34-16-8-4-12-26(34)2)22-42-44(38)46(32)30-14-6-10-18-40(30)52-42/h3-24H,1-2H3. The lowest BCUT2D eigenvalue weighted by Gasteiger charge is -2.37. The lowest BCUT2D eigenvalue weighted by Crippen LogP contribution is -2.61. The van der Waals surface area contributed by atoms with Gasteiger partial charge in [-0.3, -0.25) is 0 Å². The molecular formula is C44H28B2O4S2. The molecule has 0 saturated carbocycles. The minimum atomic E-state index is 0.00276. The second kappa shape index (κ2) is 11.5. The Hall–Kier alpha value is -5.43. The average molecular weight is 706 g/mol. The summed E-state index contributed by atoms with van der Waals surface area (Å²) in [5.41, 5.74) is 9.40. The largest absolute Gasteiger partial charge is 0.458 e. The van der Waals surface area contributed by atoms with Gasteiger partial charge in [0.05, 0.1) is 0 Å². The molecule has 7 aromatic carbocycles. The molecule has 4 aliphatic rings. The zero-order chi connectivity index (χ0) is 34.5. The summed E-state index contributed by atoms with van der Waals surface area (Å²) in [6.45, 7) is 4.14. The maximum Gasteiger partial charge on any atom is 0.253 e. The molecule has 0 aromatic heterocycles. The minimum absolute atomic E-state index is 0.00276. The van der Waals surface area contributed by atoms with Crippen molar-refractivity contribution in [3.05, 3.63) is 145 Å². The summed E-state index contributed by atoms with van der Waals surface area (Å²) in [5, 5.41) is 0. The van der Waals surface area contributed by atoms with Crippen LogP contribution in [0.25, 0.3) is 0 Å². The lowest BCUT2D eigenvalue weighted by molar-refractivity contribution is 0.448. The van der Waals surface area contributed by atoms with E-state index in [2.05, 4.69) is 98.8 Å². The van der Waals surface area contributed by atoms with Crippen molar-refractivity contribution in [3.8, 4) is 46.0 Å². The molecule has 4 heterocycles. The summed E-state index contributed by atoms with van der Waals surface area (Å²) in [6, 6.07) is 46.6. The van der Waals surface area contributed by atoms with Gasteiger partial charge in [0, 0.05) is 37.8 Å². The van der Waals surface area contributed by atoms with Gasteiger partial charge in [0.15, 0.2) is 0 Å². The molecule has 4 nitrogen and oxygen atoms in total. The average Bonchev–Trinajstić information content (AvgIpc) is 3.15. The Bertz CT molecular complexity index is 2480. The number of fused-ring (bicyclic) bond motifs is 8. The van der Waals surface area contributed by atoms with E-state index in [1.807, 2.05) is 48.5 Å². The van der Waals surface area contributed by atoms with Crippen LogP contribution in [0.3, 0.4) is 0 Å². The van der Waals surface area contributed by atoms with Gasteiger partial charge in [0.2, 0.25) is 0 Å². The maximum absolute atomic E-state index is 6.89. The molecule has 0 spiro atoms. The van der Waals surface area contributed by atoms with Gasteiger partial charge in [0.25, 0.3) is 13.4 Å². The van der Waals surface area contributed by atoms with Crippen LogP contribution in [0.4, 0.5) is 0 Å². The molecule has 0 amide bonds. The molecule has 246 valence electrons. The van der Waals surface area contributed by atoms with Gasteiger partial charge in [-0.1, -0.05) is 113 Å². The topological polar surface area (TPSA) is 36.9 Å². The molecule has 52 heavy (non-hydrogen) atoms. The van der Waals surface area contributed by atoms with E-state index in [1.165, 1.54) is 31.6 Å². The first kappa shape index (κ1) is 30.2. The third-order valence-electron chi connectivity index (χ3n) is 10.5. The zero-order valence-corrected chi connectivity index (χ0v) is 29.9. The van der Waals surface area contributed by atoms with Crippen molar-refractivity contribution in [2.24, 2.45) is 0 Å². The highest BCUT2D eigenvalue weighted by atomic mass is 32.2. The number of ether oxygens (including phenoxy) is 4. The summed E-state index contributed by atoms with van der Waals surface area (Å²) in [6.07, 6.45) is 0. The number of benzene rings is 7. The highest BCUT2D eigenvalue weighted by Crippen LogP contribution is 2.44. The Morgan fingerprint density at radius 1 is 0.423 bits per heavy atom. The molecule has 0 unspecified atom stereocenters. The van der Waals surface area contributed by atoms with Crippen LogP contribution in [0.15, 0.2) is 153 Å². The molecule has 0 N–H and O–H groups in total. The summed E-state index contributed by atoms with van der Waals surface area (Å²) in [7, 11) is 0. The van der Waals surface area contributed by atoms with Gasteiger partial charge in [-0.05, 0) is 83.2 Å². The fourth-order valence-electron chi connectivity index (χ4n) is 8.05. The van der Waals surface area contributed by atoms with Crippen LogP contribution >= 0.6 is 23.5 Å². The van der Waals surface area contributed by atoms with Crippen LogP contribution < -0.4 is 51.7 Å². The summed E-state index contributed by atoms with van der Waals surface area (Å²) in [4.78, 5) is 4.79. The van der Waals surface area contributed by atoms with E-state index in [0.29, 0.717) is 0 Å². The Labute approximate surface area is 311 Å². The van der Waals surface area contributed by atoms with Gasteiger partial charge in [-0.2, -0.15) is 0 Å². The Morgan fingerprint density at radius 3 is 1.35 bits per heavy atom. The fourth-order valence-corrected chi connectivity index (χ4v) is 10.4. The maximum atomic E-state index is 6.89. The first-order chi connectivity index (χ1) is 25.6. The molecule has 0 bridgehead atoms. The highest BCUT2D eigenvalue weighted by Gasteiger charge is 2.44. The summed E-state index contributed by atoms with van der Waals surface area (Å²) in [5.74, 6) is 6.40. The number of para-hydroxylation sites is 2. The molecule has 7 aromatic rings. The first-order valence-electron chi connectivity index (χ1n) is 17.5. The molecule has 11 rings (SSSR count). The highest BCUT2D eigenvalue weighted by molar-refractivity contribution is 8.00. The van der Waals surface area contributed by atoms with Gasteiger partial charge in [0.1, 0.15) is 46.0 Å². The SMILES string of the molecule is Cc1ccccc1Oc1cc2c3c(c1)Sc1ccccc1B3c1cc3c(cc1O2)Oc1cc(Oc2ccccc2C)cc2c1B3c1ccccc1S2. The number of hydrogen-bond acceptors (Lipinski definition) is 6. The van der Waals surface area contributed by atoms with Gasteiger partial charge in [-0.15, -0.1) is 0 Å². The smallest absolute Gasteiger partial charge is 0.253 e. The molecule has 0 saturated heterocycles. The van der Waals surface area contributed by atoms with E-state index in [0.717, 1.165) is 77.8 Å². The van der Waals surface area contributed by atoms with Crippen LogP contribution in [-0.2, 0) is 0 Å². The first-order valence-corrected chi connectivity index (χ1v) is 19.1. The van der Waals surface area contributed by atoms with Gasteiger partial charge < -0.3 is 18.9 Å². The van der Waals surface area contributed by atoms with E-state index in [-0.39, 0.29) is 13.4 Å².